The monoisotopic (exact) mass is 481 g/mol. The highest BCUT2D eigenvalue weighted by Crippen LogP contribution is 2.73. The van der Waals surface area contributed by atoms with Gasteiger partial charge in [-0.05, 0) is 50.2 Å². The molecule has 8 nitrogen and oxygen atoms in total. The molecule has 0 amide bonds. The second-order valence-electron chi connectivity index (χ2n) is 10.0. The molecule has 35 heavy (non-hydrogen) atoms. The van der Waals surface area contributed by atoms with Crippen molar-refractivity contribution in [3.63, 3.8) is 0 Å². The molecule has 2 saturated heterocycles. The van der Waals surface area contributed by atoms with Gasteiger partial charge in [0, 0.05) is 31.6 Å². The minimum Gasteiger partial charge on any atom is -0.504 e. The van der Waals surface area contributed by atoms with Crippen LogP contribution in [0.5, 0.6) is 11.5 Å². The number of aromatic hydroxyl groups is 1. The van der Waals surface area contributed by atoms with Crippen LogP contribution in [0.1, 0.15) is 46.9 Å². The number of carbonyl (C=O) groups is 1. The SMILES string of the molecule is COc1ccc2c(c1O)C13CCN(C)C14CC2OC4(OC)C(OC)C(OC(=O)c1ccccc1)C3. The molecule has 6 unspecified atom stereocenters. The number of ether oxygens (including phenoxy) is 5. The fourth-order valence-corrected chi connectivity index (χ4v) is 7.76. The normalized spacial score (nSPS) is 37.0. The first-order valence-corrected chi connectivity index (χ1v) is 12.0. The van der Waals surface area contributed by atoms with Gasteiger partial charge in [-0.3, -0.25) is 4.90 Å². The molecule has 2 aromatic rings. The van der Waals surface area contributed by atoms with Gasteiger partial charge in [-0.15, -0.1) is 0 Å². The van der Waals surface area contributed by atoms with E-state index in [4.69, 9.17) is 23.7 Å². The zero-order chi connectivity index (χ0) is 24.6. The number of likely N-dealkylation sites (tertiary alicyclic amines) is 1. The molecule has 3 fully saturated rings. The third-order valence-electron chi connectivity index (χ3n) is 9.00. The first-order chi connectivity index (χ1) is 16.9. The summed E-state index contributed by atoms with van der Waals surface area (Å²) in [5.74, 6) is -1.11. The van der Waals surface area contributed by atoms with Gasteiger partial charge in [0.2, 0.25) is 5.79 Å². The molecule has 1 saturated carbocycles. The number of hydrogen-bond donors (Lipinski definition) is 1. The van der Waals surface area contributed by atoms with Crippen molar-refractivity contribution in [2.45, 2.75) is 54.3 Å². The van der Waals surface area contributed by atoms with Gasteiger partial charge in [0.15, 0.2) is 11.5 Å². The maximum absolute atomic E-state index is 13.2. The highest BCUT2D eigenvalue weighted by atomic mass is 16.7. The molecular formula is C27H31NO7. The molecule has 2 bridgehead atoms. The topological polar surface area (TPSA) is 86.7 Å². The van der Waals surface area contributed by atoms with Crippen molar-refractivity contribution < 1.29 is 33.6 Å². The van der Waals surface area contributed by atoms with E-state index >= 15 is 0 Å². The van der Waals surface area contributed by atoms with Crippen molar-refractivity contribution >= 4 is 5.97 Å². The molecule has 4 aliphatic rings. The van der Waals surface area contributed by atoms with Crippen molar-refractivity contribution in [3.05, 3.63) is 59.2 Å². The van der Waals surface area contributed by atoms with Crippen molar-refractivity contribution in [2.24, 2.45) is 0 Å². The predicted octanol–water partition coefficient (Wildman–Crippen LogP) is 3.17. The Balaban J connectivity index is 1.56. The van der Waals surface area contributed by atoms with Crippen LogP contribution in [0.15, 0.2) is 42.5 Å². The molecule has 186 valence electrons. The highest BCUT2D eigenvalue weighted by Gasteiger charge is 2.83. The van der Waals surface area contributed by atoms with Gasteiger partial charge in [0.1, 0.15) is 12.2 Å². The average Bonchev–Trinajstić information content (AvgIpc) is 3.38. The number of hydrogen-bond acceptors (Lipinski definition) is 8. The summed E-state index contributed by atoms with van der Waals surface area (Å²) in [4.78, 5) is 15.5. The number of nitrogens with zero attached hydrogens (tertiary/aromatic N) is 1. The molecule has 2 heterocycles. The maximum Gasteiger partial charge on any atom is 0.338 e. The standard InChI is InChI=1S/C27H31NO7/c1-28-13-12-25-14-20(34-24(30)16-8-6-5-7-9-16)23(32-3)27(33-4)26(25,28)15-19(35-27)17-10-11-18(31-2)22(29)21(17)25/h5-11,19-20,23,29H,12-15H2,1-4H3. The molecule has 1 N–H and O–H groups in total. The molecule has 2 aliphatic carbocycles. The van der Waals surface area contributed by atoms with Crippen LogP contribution in [0, 0.1) is 0 Å². The summed E-state index contributed by atoms with van der Waals surface area (Å²) in [7, 11) is 6.86. The minimum absolute atomic E-state index is 0.119. The lowest BCUT2D eigenvalue weighted by molar-refractivity contribution is -0.338. The minimum atomic E-state index is -1.21. The first kappa shape index (κ1) is 22.8. The van der Waals surface area contributed by atoms with Crippen LogP contribution < -0.4 is 4.74 Å². The molecule has 0 aromatic heterocycles. The van der Waals surface area contributed by atoms with Crippen molar-refractivity contribution in [1.82, 2.24) is 4.90 Å². The van der Waals surface area contributed by atoms with Crippen LogP contribution in [0.4, 0.5) is 0 Å². The van der Waals surface area contributed by atoms with E-state index in [0.29, 0.717) is 24.2 Å². The van der Waals surface area contributed by atoms with Crippen molar-refractivity contribution in [3.8, 4) is 11.5 Å². The van der Waals surface area contributed by atoms with Crippen LogP contribution >= 0.6 is 0 Å². The summed E-state index contributed by atoms with van der Waals surface area (Å²) in [5, 5.41) is 11.5. The third kappa shape index (κ3) is 2.58. The van der Waals surface area contributed by atoms with Gasteiger partial charge in [-0.2, -0.15) is 0 Å². The lowest BCUT2D eigenvalue weighted by atomic mass is 9.50. The van der Waals surface area contributed by atoms with Gasteiger partial charge >= 0.3 is 5.97 Å². The third-order valence-corrected chi connectivity index (χ3v) is 9.00. The van der Waals surface area contributed by atoms with Crippen LogP contribution in [0.2, 0.25) is 0 Å². The molecule has 6 rings (SSSR count). The van der Waals surface area contributed by atoms with E-state index in [1.54, 1.807) is 51.7 Å². The Hall–Kier alpha value is -2.65. The number of esters is 1. The molecule has 0 radical (unpaired) electrons. The number of phenols is 1. The fraction of sp³-hybridized carbons (Fsp3) is 0.519. The largest absolute Gasteiger partial charge is 0.504 e. The Bertz CT molecular complexity index is 1170. The first-order valence-electron chi connectivity index (χ1n) is 12.0. The van der Waals surface area contributed by atoms with E-state index in [-0.39, 0.29) is 11.9 Å². The Morgan fingerprint density at radius 2 is 1.89 bits per heavy atom. The number of benzene rings is 2. The maximum atomic E-state index is 13.2. The van der Waals surface area contributed by atoms with Gasteiger partial charge in [-0.1, -0.05) is 24.3 Å². The molecule has 2 aromatic carbocycles. The summed E-state index contributed by atoms with van der Waals surface area (Å²) >= 11 is 0. The smallest absolute Gasteiger partial charge is 0.338 e. The molecule has 8 heteroatoms. The van der Waals surface area contributed by atoms with Gasteiger partial charge in [0.25, 0.3) is 0 Å². The Morgan fingerprint density at radius 3 is 2.57 bits per heavy atom. The highest BCUT2D eigenvalue weighted by molar-refractivity contribution is 5.89. The van der Waals surface area contributed by atoms with E-state index in [1.165, 1.54) is 0 Å². The van der Waals surface area contributed by atoms with Gasteiger partial charge in [-0.25, -0.2) is 4.79 Å². The van der Waals surface area contributed by atoms with Gasteiger partial charge in [0.05, 0.1) is 24.3 Å². The van der Waals surface area contributed by atoms with E-state index in [0.717, 1.165) is 24.1 Å². The Morgan fingerprint density at radius 1 is 1.11 bits per heavy atom. The van der Waals surface area contributed by atoms with Crippen LogP contribution in [0.25, 0.3) is 0 Å². The summed E-state index contributed by atoms with van der Waals surface area (Å²) in [5.41, 5.74) is 0.986. The summed E-state index contributed by atoms with van der Waals surface area (Å²) in [6.45, 7) is 0.771. The zero-order valence-corrected chi connectivity index (χ0v) is 20.4. The summed E-state index contributed by atoms with van der Waals surface area (Å²) < 4.78 is 30.8. The van der Waals surface area contributed by atoms with Crippen LogP contribution in [0.3, 0.4) is 0 Å². The van der Waals surface area contributed by atoms with Crippen molar-refractivity contribution in [1.29, 1.82) is 0 Å². The Labute approximate surface area is 204 Å². The zero-order valence-electron chi connectivity index (χ0n) is 20.4. The predicted molar refractivity (Wildman–Crippen MR) is 126 cm³/mol. The quantitative estimate of drug-likeness (QED) is 0.652. The second-order valence-corrected chi connectivity index (χ2v) is 10.0. The van der Waals surface area contributed by atoms with Crippen molar-refractivity contribution in [2.75, 3.05) is 34.9 Å². The van der Waals surface area contributed by atoms with Crippen LogP contribution in [-0.4, -0.2) is 74.4 Å². The molecule has 1 spiro atoms. The Kier molecular flexibility index (Phi) is 5.00. The van der Waals surface area contributed by atoms with E-state index < -0.39 is 34.9 Å². The lowest BCUT2D eigenvalue weighted by Crippen LogP contribution is -2.77. The molecule has 6 atom stereocenters. The number of rotatable bonds is 5. The number of likely N-dealkylation sites (N-methyl/N-ethyl adjacent to an activating group) is 1. The summed E-state index contributed by atoms with van der Waals surface area (Å²) in [6.07, 6.45) is 0.254. The van der Waals surface area contributed by atoms with E-state index in [1.807, 2.05) is 12.1 Å². The fourth-order valence-electron chi connectivity index (χ4n) is 7.76. The number of phenolic OH excluding ortho intramolecular Hbond substituents is 1. The average molecular weight is 482 g/mol. The second kappa shape index (κ2) is 7.67. The lowest BCUT2D eigenvalue weighted by Gasteiger charge is -2.61. The molecule has 2 aliphatic heterocycles. The molecular weight excluding hydrogens is 450 g/mol. The summed E-state index contributed by atoms with van der Waals surface area (Å²) in [6, 6.07) is 12.7. The van der Waals surface area contributed by atoms with E-state index in [2.05, 4.69) is 11.9 Å². The number of methoxy groups -OCH3 is 3. The van der Waals surface area contributed by atoms with Gasteiger partial charge < -0.3 is 28.8 Å². The van der Waals surface area contributed by atoms with E-state index in [9.17, 15) is 9.90 Å². The van der Waals surface area contributed by atoms with Crippen LogP contribution in [-0.2, 0) is 24.4 Å². The number of carbonyl (C=O) groups excluding carboxylic acids is 1. The number of fused-ring (bicyclic) bond motifs is 3.